The Hall–Kier alpha value is -3.39. The Kier molecular flexibility index (Phi) is 3.89. The van der Waals surface area contributed by atoms with Crippen LogP contribution in [0, 0.1) is 11.3 Å². The van der Waals surface area contributed by atoms with E-state index in [1.54, 1.807) is 24.3 Å². The average Bonchev–Trinajstić information content (AvgIpc) is 2.59. The zero-order valence-corrected chi connectivity index (χ0v) is 12.3. The second kappa shape index (κ2) is 6.16. The van der Waals surface area contributed by atoms with Crippen LogP contribution < -0.4 is 11.3 Å². The number of aromatic nitrogens is 2. The van der Waals surface area contributed by atoms with Gasteiger partial charge in [0.25, 0.3) is 5.56 Å². The number of nitrogens with two attached hydrogens (primary N) is 1. The van der Waals surface area contributed by atoms with E-state index in [9.17, 15) is 4.79 Å². The van der Waals surface area contributed by atoms with Crippen LogP contribution in [-0.4, -0.2) is 9.55 Å². The highest BCUT2D eigenvalue weighted by Gasteiger charge is 2.08. The van der Waals surface area contributed by atoms with Crippen molar-refractivity contribution in [3.8, 4) is 17.3 Å². The minimum absolute atomic E-state index is 0.167. The van der Waals surface area contributed by atoms with Crippen molar-refractivity contribution >= 4 is 5.95 Å². The molecular formula is C18H14N4O. The molecular weight excluding hydrogens is 288 g/mol. The fraction of sp³-hybridized carbons (Fsp3) is 0.0556. The molecule has 0 radical (unpaired) electrons. The number of rotatable bonds is 3. The van der Waals surface area contributed by atoms with Crippen molar-refractivity contribution in [2.45, 2.75) is 6.54 Å². The Bertz CT molecular complexity index is 922. The summed E-state index contributed by atoms with van der Waals surface area (Å²) in [4.78, 5) is 16.7. The van der Waals surface area contributed by atoms with Gasteiger partial charge in [0.15, 0.2) is 0 Å². The van der Waals surface area contributed by atoms with E-state index in [1.165, 1.54) is 10.6 Å². The van der Waals surface area contributed by atoms with Gasteiger partial charge in [0.2, 0.25) is 5.95 Å². The predicted octanol–water partition coefficient (Wildman–Crippen LogP) is 2.41. The highest BCUT2D eigenvalue weighted by Crippen LogP contribution is 2.17. The van der Waals surface area contributed by atoms with Crippen molar-refractivity contribution in [1.29, 1.82) is 5.26 Å². The molecule has 0 bridgehead atoms. The van der Waals surface area contributed by atoms with Crippen LogP contribution in [0.4, 0.5) is 5.95 Å². The molecule has 0 aliphatic rings. The zero-order valence-electron chi connectivity index (χ0n) is 12.3. The molecule has 1 aromatic heterocycles. The van der Waals surface area contributed by atoms with Crippen LogP contribution in [0.15, 0.2) is 65.5 Å². The number of hydrogen-bond acceptors (Lipinski definition) is 4. The third-order valence-electron chi connectivity index (χ3n) is 3.53. The van der Waals surface area contributed by atoms with Crippen LogP contribution in [0.3, 0.4) is 0 Å². The molecule has 0 atom stereocenters. The summed E-state index contributed by atoms with van der Waals surface area (Å²) in [6.45, 7) is 0.381. The number of benzene rings is 2. The fourth-order valence-corrected chi connectivity index (χ4v) is 2.31. The number of nitrogens with zero attached hydrogens (tertiary/aromatic N) is 3. The van der Waals surface area contributed by atoms with Crippen LogP contribution in [0.5, 0.6) is 0 Å². The van der Waals surface area contributed by atoms with Gasteiger partial charge in [-0.15, -0.1) is 0 Å². The molecule has 2 aromatic carbocycles. The molecule has 5 nitrogen and oxygen atoms in total. The number of nitrogen functional groups attached to an aromatic ring is 1. The second-order valence-electron chi connectivity index (χ2n) is 5.10. The quantitative estimate of drug-likeness (QED) is 0.805. The van der Waals surface area contributed by atoms with E-state index in [0.717, 1.165) is 11.1 Å². The SMILES string of the molecule is N#Cc1ccc(-c2cc(=O)n(Cc3ccccc3)c(N)n2)cc1. The first-order chi connectivity index (χ1) is 11.2. The predicted molar refractivity (Wildman–Crippen MR) is 88.6 cm³/mol. The highest BCUT2D eigenvalue weighted by molar-refractivity contribution is 5.60. The first-order valence-electron chi connectivity index (χ1n) is 7.09. The van der Waals surface area contributed by atoms with E-state index in [1.807, 2.05) is 30.3 Å². The van der Waals surface area contributed by atoms with Crippen molar-refractivity contribution in [2.75, 3.05) is 5.73 Å². The van der Waals surface area contributed by atoms with Crippen molar-refractivity contribution in [3.05, 3.63) is 82.1 Å². The van der Waals surface area contributed by atoms with Crippen LogP contribution >= 0.6 is 0 Å². The molecule has 0 spiro atoms. The summed E-state index contributed by atoms with van der Waals surface area (Å²) in [6.07, 6.45) is 0. The lowest BCUT2D eigenvalue weighted by Gasteiger charge is -2.10. The number of nitriles is 1. The summed E-state index contributed by atoms with van der Waals surface area (Å²) in [5.41, 5.74) is 8.54. The molecule has 0 aliphatic heterocycles. The Labute approximate surface area is 133 Å². The summed E-state index contributed by atoms with van der Waals surface area (Å²) in [7, 11) is 0. The molecule has 112 valence electrons. The molecule has 2 N–H and O–H groups in total. The molecule has 0 fully saturated rings. The first-order valence-corrected chi connectivity index (χ1v) is 7.09. The lowest BCUT2D eigenvalue weighted by Crippen LogP contribution is -2.24. The lowest BCUT2D eigenvalue weighted by molar-refractivity contribution is 0.753. The van der Waals surface area contributed by atoms with Crippen LogP contribution in [0.25, 0.3) is 11.3 Å². The maximum Gasteiger partial charge on any atom is 0.255 e. The Morgan fingerprint density at radius 1 is 1.09 bits per heavy atom. The van der Waals surface area contributed by atoms with E-state index in [4.69, 9.17) is 11.0 Å². The van der Waals surface area contributed by atoms with Crippen molar-refractivity contribution in [1.82, 2.24) is 9.55 Å². The van der Waals surface area contributed by atoms with Crippen molar-refractivity contribution < 1.29 is 0 Å². The Balaban J connectivity index is 1.97. The van der Waals surface area contributed by atoms with Gasteiger partial charge in [-0.3, -0.25) is 9.36 Å². The first kappa shape index (κ1) is 14.5. The Morgan fingerprint density at radius 3 is 2.39 bits per heavy atom. The molecule has 0 aliphatic carbocycles. The molecule has 0 amide bonds. The minimum atomic E-state index is -0.208. The van der Waals surface area contributed by atoms with Crippen molar-refractivity contribution in [2.24, 2.45) is 0 Å². The Morgan fingerprint density at radius 2 is 1.78 bits per heavy atom. The van der Waals surface area contributed by atoms with E-state index in [-0.39, 0.29) is 11.5 Å². The minimum Gasteiger partial charge on any atom is -0.369 e. The smallest absolute Gasteiger partial charge is 0.255 e. The standard InChI is InChI=1S/C18H14N4O/c19-11-13-6-8-15(9-7-13)16-10-17(23)22(18(20)21-16)12-14-4-2-1-3-5-14/h1-10H,12H2,(H2,20,21). The third-order valence-corrected chi connectivity index (χ3v) is 3.53. The van der Waals surface area contributed by atoms with Crippen LogP contribution in [-0.2, 0) is 6.54 Å². The van der Waals surface area contributed by atoms with Crippen LogP contribution in [0.1, 0.15) is 11.1 Å². The van der Waals surface area contributed by atoms with E-state index >= 15 is 0 Å². The molecule has 3 aromatic rings. The van der Waals surface area contributed by atoms with Gasteiger partial charge in [0, 0.05) is 11.6 Å². The monoisotopic (exact) mass is 302 g/mol. The van der Waals surface area contributed by atoms with Gasteiger partial charge in [-0.05, 0) is 17.7 Å². The number of anilines is 1. The highest BCUT2D eigenvalue weighted by atomic mass is 16.1. The topological polar surface area (TPSA) is 84.7 Å². The van der Waals surface area contributed by atoms with Gasteiger partial charge in [0.05, 0.1) is 23.9 Å². The largest absolute Gasteiger partial charge is 0.369 e. The van der Waals surface area contributed by atoms with E-state index < -0.39 is 0 Å². The van der Waals surface area contributed by atoms with Gasteiger partial charge in [0.1, 0.15) is 0 Å². The molecule has 5 heteroatoms. The van der Waals surface area contributed by atoms with Crippen molar-refractivity contribution in [3.63, 3.8) is 0 Å². The average molecular weight is 302 g/mol. The van der Waals surface area contributed by atoms with Crippen LogP contribution in [0.2, 0.25) is 0 Å². The van der Waals surface area contributed by atoms with Gasteiger partial charge in [-0.1, -0.05) is 42.5 Å². The lowest BCUT2D eigenvalue weighted by atomic mass is 10.1. The van der Waals surface area contributed by atoms with Gasteiger partial charge in [-0.2, -0.15) is 5.26 Å². The van der Waals surface area contributed by atoms with E-state index in [2.05, 4.69) is 11.1 Å². The third kappa shape index (κ3) is 3.11. The fourth-order valence-electron chi connectivity index (χ4n) is 2.31. The maximum absolute atomic E-state index is 12.4. The van der Waals surface area contributed by atoms with Gasteiger partial charge >= 0.3 is 0 Å². The van der Waals surface area contributed by atoms with Gasteiger partial charge in [-0.25, -0.2) is 4.98 Å². The normalized spacial score (nSPS) is 10.2. The molecule has 0 saturated heterocycles. The van der Waals surface area contributed by atoms with Gasteiger partial charge < -0.3 is 5.73 Å². The summed E-state index contributed by atoms with van der Waals surface area (Å²) in [5.74, 6) is 0.167. The summed E-state index contributed by atoms with van der Waals surface area (Å²) in [5, 5.41) is 8.82. The molecule has 23 heavy (non-hydrogen) atoms. The molecule has 0 unspecified atom stereocenters. The molecule has 3 rings (SSSR count). The molecule has 0 saturated carbocycles. The number of hydrogen-bond donors (Lipinski definition) is 1. The summed E-state index contributed by atoms with van der Waals surface area (Å²) >= 11 is 0. The van der Waals surface area contributed by atoms with E-state index in [0.29, 0.717) is 17.8 Å². The summed E-state index contributed by atoms with van der Waals surface area (Å²) < 4.78 is 1.43. The zero-order chi connectivity index (χ0) is 16.2. The maximum atomic E-state index is 12.4. The summed E-state index contributed by atoms with van der Waals surface area (Å²) in [6, 6.07) is 20.0. The second-order valence-corrected chi connectivity index (χ2v) is 5.10. The molecule has 1 heterocycles.